The van der Waals surface area contributed by atoms with E-state index < -0.39 is 5.54 Å². The maximum absolute atomic E-state index is 11.8. The van der Waals surface area contributed by atoms with Crippen LogP contribution in [0.2, 0.25) is 0 Å². The molecule has 0 bridgehead atoms. The van der Waals surface area contributed by atoms with Crippen LogP contribution in [-0.2, 0) is 19.0 Å². The number of carbonyl (C=O) groups excluding carboxylic acids is 1. The molecule has 1 atom stereocenters. The molecule has 100 valence electrons. The lowest BCUT2D eigenvalue weighted by atomic mass is 9.98. The van der Waals surface area contributed by atoms with E-state index in [-0.39, 0.29) is 5.97 Å². The highest BCUT2D eigenvalue weighted by Crippen LogP contribution is 2.24. The van der Waals surface area contributed by atoms with Crippen LogP contribution in [0, 0.1) is 0 Å². The summed E-state index contributed by atoms with van der Waals surface area (Å²) in [6, 6.07) is 0.457. The molecule has 5 heteroatoms. The fourth-order valence-corrected chi connectivity index (χ4v) is 1.66. The third-order valence-corrected chi connectivity index (χ3v) is 2.91. The van der Waals surface area contributed by atoms with Gasteiger partial charge in [0.25, 0.3) is 0 Å². The Morgan fingerprint density at radius 2 is 2.00 bits per heavy atom. The average molecular weight is 245 g/mol. The van der Waals surface area contributed by atoms with Crippen LogP contribution in [0.15, 0.2) is 0 Å². The van der Waals surface area contributed by atoms with Crippen molar-refractivity contribution in [2.45, 2.75) is 37.8 Å². The van der Waals surface area contributed by atoms with Crippen molar-refractivity contribution >= 4 is 5.97 Å². The van der Waals surface area contributed by atoms with Gasteiger partial charge >= 0.3 is 5.97 Å². The molecule has 1 rings (SSSR count). The predicted octanol–water partition coefficient (Wildman–Crippen LogP) is 0.723. The molecule has 1 aliphatic carbocycles. The Morgan fingerprint density at radius 1 is 1.29 bits per heavy atom. The Morgan fingerprint density at radius 3 is 2.53 bits per heavy atom. The monoisotopic (exact) mass is 245 g/mol. The van der Waals surface area contributed by atoms with Gasteiger partial charge in [0.2, 0.25) is 0 Å². The molecule has 1 unspecified atom stereocenters. The molecule has 0 aromatic rings. The summed E-state index contributed by atoms with van der Waals surface area (Å²) in [7, 11) is 3.05. The molecule has 0 spiro atoms. The number of ether oxygens (including phenoxy) is 3. The summed E-state index contributed by atoms with van der Waals surface area (Å²) in [5.74, 6) is -0.222. The second kappa shape index (κ2) is 6.93. The molecule has 5 nitrogen and oxygen atoms in total. The van der Waals surface area contributed by atoms with Crippen LogP contribution in [0.1, 0.15) is 26.2 Å². The van der Waals surface area contributed by atoms with Gasteiger partial charge in [0.1, 0.15) is 5.54 Å². The van der Waals surface area contributed by atoms with E-state index in [4.69, 9.17) is 14.2 Å². The van der Waals surface area contributed by atoms with E-state index in [1.54, 1.807) is 7.11 Å². The maximum Gasteiger partial charge on any atom is 0.325 e. The van der Waals surface area contributed by atoms with Gasteiger partial charge in [-0.15, -0.1) is 0 Å². The largest absolute Gasteiger partial charge is 0.468 e. The van der Waals surface area contributed by atoms with Gasteiger partial charge in [0, 0.05) is 19.8 Å². The minimum atomic E-state index is -0.636. The van der Waals surface area contributed by atoms with Gasteiger partial charge in [-0.2, -0.15) is 0 Å². The van der Waals surface area contributed by atoms with Gasteiger partial charge in [0.05, 0.1) is 20.3 Å². The van der Waals surface area contributed by atoms with Crippen molar-refractivity contribution < 1.29 is 19.0 Å². The van der Waals surface area contributed by atoms with Crippen molar-refractivity contribution in [2.75, 3.05) is 34.0 Å². The molecule has 0 saturated heterocycles. The first-order chi connectivity index (χ1) is 8.12. The minimum Gasteiger partial charge on any atom is -0.468 e. The van der Waals surface area contributed by atoms with E-state index in [0.717, 1.165) is 12.8 Å². The predicted molar refractivity (Wildman–Crippen MR) is 63.9 cm³/mol. The number of rotatable bonds is 9. The highest BCUT2D eigenvalue weighted by atomic mass is 16.5. The van der Waals surface area contributed by atoms with Crippen LogP contribution < -0.4 is 5.32 Å². The molecule has 0 radical (unpaired) electrons. The first kappa shape index (κ1) is 14.4. The van der Waals surface area contributed by atoms with Crippen LogP contribution in [0.25, 0.3) is 0 Å². The summed E-state index contributed by atoms with van der Waals surface area (Å²) >= 11 is 0. The van der Waals surface area contributed by atoms with Crippen molar-refractivity contribution in [1.82, 2.24) is 5.32 Å². The van der Waals surface area contributed by atoms with E-state index in [2.05, 4.69) is 5.32 Å². The Balaban J connectivity index is 2.31. The normalized spacial score (nSPS) is 18.8. The summed E-state index contributed by atoms with van der Waals surface area (Å²) in [6.07, 6.45) is 2.88. The zero-order valence-corrected chi connectivity index (χ0v) is 11.0. The van der Waals surface area contributed by atoms with Gasteiger partial charge in [0.15, 0.2) is 0 Å². The Bertz CT molecular complexity index is 243. The molecule has 0 aromatic heterocycles. The average Bonchev–Trinajstić information content (AvgIpc) is 3.11. The van der Waals surface area contributed by atoms with Crippen molar-refractivity contribution in [1.29, 1.82) is 0 Å². The smallest absolute Gasteiger partial charge is 0.325 e. The second-order valence-electron chi connectivity index (χ2n) is 4.60. The first-order valence-corrected chi connectivity index (χ1v) is 6.05. The van der Waals surface area contributed by atoms with Crippen LogP contribution in [0.3, 0.4) is 0 Å². The lowest BCUT2D eigenvalue weighted by molar-refractivity contribution is -0.149. The molecule has 0 heterocycles. The van der Waals surface area contributed by atoms with Gasteiger partial charge in [-0.3, -0.25) is 10.1 Å². The molecular weight excluding hydrogens is 222 g/mol. The molecule has 0 aromatic carbocycles. The second-order valence-corrected chi connectivity index (χ2v) is 4.60. The standard InChI is InChI=1S/C12H23NO4/c1-12(11(14)16-3,13-10-4-5-10)6-7-17-9-8-15-2/h10,13H,4-9H2,1-3H3. The van der Waals surface area contributed by atoms with Crippen molar-refractivity contribution in [3.05, 3.63) is 0 Å². The topological polar surface area (TPSA) is 56.8 Å². The van der Waals surface area contributed by atoms with Gasteiger partial charge in [-0.05, 0) is 26.2 Å². The van der Waals surface area contributed by atoms with Gasteiger partial charge in [-0.25, -0.2) is 0 Å². The van der Waals surface area contributed by atoms with Gasteiger partial charge < -0.3 is 14.2 Å². The van der Waals surface area contributed by atoms with E-state index >= 15 is 0 Å². The zero-order chi connectivity index (χ0) is 12.7. The van der Waals surface area contributed by atoms with Crippen LogP contribution in [-0.4, -0.2) is 51.6 Å². The molecule has 1 aliphatic rings. The first-order valence-electron chi connectivity index (χ1n) is 6.05. The van der Waals surface area contributed by atoms with E-state index in [0.29, 0.717) is 32.3 Å². The van der Waals surface area contributed by atoms with E-state index in [1.165, 1.54) is 7.11 Å². The SMILES string of the molecule is COCCOCCC(C)(NC1CC1)C(=O)OC. The van der Waals surface area contributed by atoms with Crippen molar-refractivity contribution in [3.8, 4) is 0 Å². The maximum atomic E-state index is 11.8. The Kier molecular flexibility index (Phi) is 5.88. The third kappa shape index (κ3) is 5.02. The van der Waals surface area contributed by atoms with E-state index in [9.17, 15) is 4.79 Å². The van der Waals surface area contributed by atoms with E-state index in [1.807, 2.05) is 6.92 Å². The summed E-state index contributed by atoms with van der Waals surface area (Å²) in [6.45, 7) is 3.52. The van der Waals surface area contributed by atoms with Crippen molar-refractivity contribution in [2.24, 2.45) is 0 Å². The lowest BCUT2D eigenvalue weighted by Gasteiger charge is -2.28. The van der Waals surface area contributed by atoms with Crippen LogP contribution >= 0.6 is 0 Å². The van der Waals surface area contributed by atoms with Gasteiger partial charge in [-0.1, -0.05) is 0 Å². The summed E-state index contributed by atoms with van der Waals surface area (Å²) < 4.78 is 15.1. The number of carbonyl (C=O) groups is 1. The lowest BCUT2D eigenvalue weighted by Crippen LogP contribution is -2.52. The molecule has 0 aliphatic heterocycles. The summed E-state index contributed by atoms with van der Waals surface area (Å²) in [5, 5.41) is 3.32. The third-order valence-electron chi connectivity index (χ3n) is 2.91. The Hall–Kier alpha value is -0.650. The number of hydrogen-bond donors (Lipinski definition) is 1. The highest BCUT2D eigenvalue weighted by molar-refractivity contribution is 5.80. The summed E-state index contributed by atoms with van der Waals surface area (Å²) in [4.78, 5) is 11.8. The molecule has 1 saturated carbocycles. The number of hydrogen-bond acceptors (Lipinski definition) is 5. The fourth-order valence-electron chi connectivity index (χ4n) is 1.66. The molecular formula is C12H23NO4. The molecule has 0 amide bonds. The van der Waals surface area contributed by atoms with Crippen molar-refractivity contribution in [3.63, 3.8) is 0 Å². The Labute approximate surface area is 103 Å². The minimum absolute atomic E-state index is 0.222. The number of methoxy groups -OCH3 is 2. The molecule has 1 N–H and O–H groups in total. The highest BCUT2D eigenvalue weighted by Gasteiger charge is 2.38. The summed E-state index contributed by atoms with van der Waals surface area (Å²) in [5.41, 5.74) is -0.636. The molecule has 17 heavy (non-hydrogen) atoms. The number of esters is 1. The van der Waals surface area contributed by atoms with Crippen LogP contribution in [0.4, 0.5) is 0 Å². The number of nitrogens with one attached hydrogen (secondary N) is 1. The molecule has 1 fully saturated rings. The quantitative estimate of drug-likeness (QED) is 0.479. The van der Waals surface area contributed by atoms with Crippen LogP contribution in [0.5, 0.6) is 0 Å². The zero-order valence-electron chi connectivity index (χ0n) is 11.0. The fraction of sp³-hybridized carbons (Fsp3) is 0.917.